The van der Waals surface area contributed by atoms with Gasteiger partial charge in [0.2, 0.25) is 0 Å². The molecule has 1 aliphatic rings. The molecule has 0 saturated carbocycles. The summed E-state index contributed by atoms with van der Waals surface area (Å²) in [5.41, 5.74) is 1.04. The van der Waals surface area contributed by atoms with Gasteiger partial charge in [0.15, 0.2) is 23.4 Å². The summed E-state index contributed by atoms with van der Waals surface area (Å²) in [6, 6.07) is 8.11. The van der Waals surface area contributed by atoms with Gasteiger partial charge in [0.1, 0.15) is 6.10 Å². The van der Waals surface area contributed by atoms with Crippen LogP contribution in [-0.2, 0) is 28.5 Å². The SMILES string of the molecule is C=C(CO[Si](C)(C)C(C)(C)C)[C@@H]1O[C@H]1CCCCCCCC(C(=O)OC)S(=O)(=O)c1ccccc1. The number of hydrogen-bond acceptors (Lipinski definition) is 6. The molecule has 3 atom stereocenters. The highest BCUT2D eigenvalue weighted by Crippen LogP contribution is 2.38. The van der Waals surface area contributed by atoms with E-state index in [1.54, 1.807) is 18.2 Å². The lowest BCUT2D eigenvalue weighted by Crippen LogP contribution is -2.41. The summed E-state index contributed by atoms with van der Waals surface area (Å²) in [5.74, 6) is -0.691. The van der Waals surface area contributed by atoms with Gasteiger partial charge in [-0.25, -0.2) is 8.42 Å². The summed E-state index contributed by atoms with van der Waals surface area (Å²) in [5, 5.41) is -0.977. The Bertz CT molecular complexity index is 936. The lowest BCUT2D eigenvalue weighted by atomic mass is 10.0. The topological polar surface area (TPSA) is 82.2 Å². The van der Waals surface area contributed by atoms with Crippen LogP contribution < -0.4 is 0 Å². The summed E-state index contributed by atoms with van der Waals surface area (Å²) < 4.78 is 42.6. The van der Waals surface area contributed by atoms with Crippen molar-refractivity contribution in [3.8, 4) is 0 Å². The first-order valence-corrected chi connectivity index (χ1v) is 17.1. The van der Waals surface area contributed by atoms with Gasteiger partial charge in [-0.05, 0) is 48.7 Å². The molecule has 2 rings (SSSR count). The van der Waals surface area contributed by atoms with Crippen molar-refractivity contribution in [3.05, 3.63) is 42.5 Å². The fourth-order valence-electron chi connectivity index (χ4n) is 3.80. The molecule has 0 radical (unpaired) electrons. The van der Waals surface area contributed by atoms with Crippen LogP contribution in [0.3, 0.4) is 0 Å². The zero-order chi connectivity index (χ0) is 26.3. The highest BCUT2D eigenvalue weighted by Gasteiger charge is 2.42. The van der Waals surface area contributed by atoms with E-state index in [4.69, 9.17) is 13.9 Å². The Kier molecular flexibility index (Phi) is 10.8. The van der Waals surface area contributed by atoms with Crippen molar-refractivity contribution in [2.45, 2.75) is 106 Å². The highest BCUT2D eigenvalue weighted by molar-refractivity contribution is 7.92. The molecule has 35 heavy (non-hydrogen) atoms. The Morgan fingerprint density at radius 3 is 2.29 bits per heavy atom. The fraction of sp³-hybridized carbons (Fsp3) is 0.667. The number of benzene rings is 1. The van der Waals surface area contributed by atoms with Crippen LogP contribution in [0.4, 0.5) is 0 Å². The van der Waals surface area contributed by atoms with Gasteiger partial charge in [0, 0.05) is 0 Å². The van der Waals surface area contributed by atoms with Crippen molar-refractivity contribution in [2.75, 3.05) is 13.7 Å². The number of ether oxygens (including phenoxy) is 2. The first-order valence-electron chi connectivity index (χ1n) is 12.6. The summed E-state index contributed by atoms with van der Waals surface area (Å²) in [4.78, 5) is 12.3. The number of rotatable bonds is 15. The van der Waals surface area contributed by atoms with Gasteiger partial charge in [0.25, 0.3) is 0 Å². The molecular weight excluding hydrogens is 480 g/mol. The van der Waals surface area contributed by atoms with E-state index < -0.39 is 29.4 Å². The third-order valence-corrected chi connectivity index (χ3v) is 13.9. The maximum absolute atomic E-state index is 12.9. The van der Waals surface area contributed by atoms with E-state index in [1.807, 2.05) is 0 Å². The molecule has 0 N–H and O–H groups in total. The number of carbonyl (C=O) groups is 1. The van der Waals surface area contributed by atoms with E-state index in [0.717, 1.165) is 37.7 Å². The minimum absolute atomic E-state index is 0.115. The van der Waals surface area contributed by atoms with Gasteiger partial charge in [0.05, 0.1) is 24.7 Å². The Hall–Kier alpha value is -1.48. The Morgan fingerprint density at radius 2 is 1.69 bits per heavy atom. The lowest BCUT2D eigenvalue weighted by molar-refractivity contribution is -0.140. The third-order valence-electron chi connectivity index (χ3n) is 7.27. The van der Waals surface area contributed by atoms with E-state index in [-0.39, 0.29) is 28.6 Å². The second-order valence-electron chi connectivity index (χ2n) is 11.0. The monoisotopic (exact) mass is 524 g/mol. The molecule has 1 fully saturated rings. The molecule has 1 aromatic rings. The molecular formula is C27H44O6SSi. The number of carbonyl (C=O) groups excluding carboxylic acids is 1. The maximum Gasteiger partial charge on any atom is 0.324 e. The van der Waals surface area contributed by atoms with Gasteiger partial charge in [-0.1, -0.05) is 77.7 Å². The van der Waals surface area contributed by atoms with Crippen LogP contribution in [0.2, 0.25) is 18.1 Å². The van der Waals surface area contributed by atoms with Crippen LogP contribution in [0.15, 0.2) is 47.4 Å². The Balaban J connectivity index is 1.65. The van der Waals surface area contributed by atoms with Gasteiger partial charge < -0.3 is 13.9 Å². The standard InChI is InChI=1S/C27H44O6SSi/c1-21(20-32-35(6,7)27(2,3)4)25-23(33-25)18-14-9-8-10-15-19-24(26(28)31-5)34(29,30)22-16-12-11-13-17-22/h11-13,16-17,23-25H,1,8-10,14-15,18-20H2,2-7H3/t23-,24?,25-/m0/s1. The van der Waals surface area contributed by atoms with Gasteiger partial charge in [-0.15, -0.1) is 0 Å². The molecule has 1 heterocycles. The zero-order valence-corrected chi connectivity index (χ0v) is 24.2. The fourth-order valence-corrected chi connectivity index (χ4v) is 6.48. The van der Waals surface area contributed by atoms with E-state index in [0.29, 0.717) is 13.0 Å². The summed E-state index contributed by atoms with van der Waals surface area (Å²) in [6.45, 7) is 15.9. The number of methoxy groups -OCH3 is 1. The number of esters is 1. The van der Waals surface area contributed by atoms with Crippen LogP contribution in [0, 0.1) is 0 Å². The van der Waals surface area contributed by atoms with E-state index in [9.17, 15) is 13.2 Å². The van der Waals surface area contributed by atoms with Gasteiger partial charge in [-0.3, -0.25) is 4.79 Å². The zero-order valence-electron chi connectivity index (χ0n) is 22.3. The normalized spacial score (nSPS) is 19.3. The molecule has 0 spiro atoms. The molecule has 0 aromatic heterocycles. The molecule has 1 aliphatic heterocycles. The number of epoxide rings is 1. The van der Waals surface area contributed by atoms with E-state index >= 15 is 0 Å². The molecule has 0 amide bonds. The van der Waals surface area contributed by atoms with E-state index in [2.05, 4.69) is 40.4 Å². The number of hydrogen-bond donors (Lipinski definition) is 0. The van der Waals surface area contributed by atoms with Crippen molar-refractivity contribution in [1.29, 1.82) is 0 Å². The molecule has 1 unspecified atom stereocenters. The smallest absolute Gasteiger partial charge is 0.324 e. The molecule has 8 heteroatoms. The predicted octanol–water partition coefficient (Wildman–Crippen LogP) is 6.08. The Morgan fingerprint density at radius 1 is 1.09 bits per heavy atom. The minimum atomic E-state index is -3.76. The van der Waals surface area contributed by atoms with Crippen LogP contribution >= 0.6 is 0 Å². The Labute approximate surface area is 213 Å². The van der Waals surface area contributed by atoms with Crippen molar-refractivity contribution < 1.29 is 27.1 Å². The largest absolute Gasteiger partial charge is 0.468 e. The summed E-state index contributed by atoms with van der Waals surface area (Å²) in [7, 11) is -4.31. The summed E-state index contributed by atoms with van der Waals surface area (Å²) >= 11 is 0. The van der Waals surface area contributed by atoms with Crippen molar-refractivity contribution in [1.82, 2.24) is 0 Å². The third kappa shape index (κ3) is 8.55. The number of unbranched alkanes of at least 4 members (excludes halogenated alkanes) is 4. The summed E-state index contributed by atoms with van der Waals surface area (Å²) in [6.07, 6.45) is 6.26. The minimum Gasteiger partial charge on any atom is -0.468 e. The van der Waals surface area contributed by atoms with Crippen molar-refractivity contribution in [3.63, 3.8) is 0 Å². The number of sulfone groups is 1. The molecule has 1 saturated heterocycles. The lowest BCUT2D eigenvalue weighted by Gasteiger charge is -2.36. The molecule has 198 valence electrons. The second kappa shape index (κ2) is 12.7. The average molecular weight is 525 g/mol. The van der Waals surface area contributed by atoms with Crippen LogP contribution in [0.1, 0.15) is 65.7 Å². The quantitative estimate of drug-likeness (QED) is 0.0909. The van der Waals surface area contributed by atoms with Gasteiger partial charge in [-0.2, -0.15) is 0 Å². The van der Waals surface area contributed by atoms with Gasteiger partial charge >= 0.3 is 5.97 Å². The first kappa shape index (κ1) is 29.7. The average Bonchev–Trinajstić information content (AvgIpc) is 3.58. The van der Waals surface area contributed by atoms with Crippen molar-refractivity contribution in [2.24, 2.45) is 0 Å². The van der Waals surface area contributed by atoms with Crippen LogP contribution in [0.25, 0.3) is 0 Å². The first-order chi connectivity index (χ1) is 16.3. The molecule has 6 nitrogen and oxygen atoms in total. The van der Waals surface area contributed by atoms with Crippen LogP contribution in [0.5, 0.6) is 0 Å². The van der Waals surface area contributed by atoms with Crippen molar-refractivity contribution >= 4 is 24.1 Å². The highest BCUT2D eigenvalue weighted by atomic mass is 32.2. The molecule has 0 aliphatic carbocycles. The second-order valence-corrected chi connectivity index (χ2v) is 18.0. The van der Waals surface area contributed by atoms with Crippen LogP contribution in [-0.4, -0.2) is 53.9 Å². The molecule has 0 bridgehead atoms. The molecule has 1 aromatic carbocycles. The predicted molar refractivity (Wildman–Crippen MR) is 143 cm³/mol. The van der Waals surface area contributed by atoms with E-state index in [1.165, 1.54) is 19.2 Å². The maximum atomic E-state index is 12.9.